The largest absolute Gasteiger partial charge is 0.389 e. The summed E-state index contributed by atoms with van der Waals surface area (Å²) in [5.41, 5.74) is 10.0. The van der Waals surface area contributed by atoms with Gasteiger partial charge in [0.05, 0.1) is 11.3 Å². The van der Waals surface area contributed by atoms with Crippen molar-refractivity contribution in [2.24, 2.45) is 12.8 Å². The van der Waals surface area contributed by atoms with Crippen molar-refractivity contribution in [3.05, 3.63) is 57.4 Å². The van der Waals surface area contributed by atoms with Crippen molar-refractivity contribution in [1.29, 1.82) is 0 Å². The summed E-state index contributed by atoms with van der Waals surface area (Å²) in [5, 5.41) is 0. The van der Waals surface area contributed by atoms with E-state index >= 15 is 0 Å². The normalized spacial score (nSPS) is 10.5. The van der Waals surface area contributed by atoms with Crippen LogP contribution in [0.1, 0.15) is 16.7 Å². The number of nitrogens with two attached hydrogens (primary N) is 1. The van der Waals surface area contributed by atoms with Crippen LogP contribution in [0.5, 0.6) is 0 Å². The summed E-state index contributed by atoms with van der Waals surface area (Å²) in [6, 6.07) is 9.74. The van der Waals surface area contributed by atoms with Gasteiger partial charge >= 0.3 is 0 Å². The molecule has 0 unspecified atom stereocenters. The van der Waals surface area contributed by atoms with Gasteiger partial charge in [0.15, 0.2) is 0 Å². The molecule has 2 aromatic rings. The zero-order valence-electron chi connectivity index (χ0n) is 11.2. The predicted octanol–water partition coefficient (Wildman–Crippen LogP) is 2.30. The van der Waals surface area contributed by atoms with Gasteiger partial charge in [0.1, 0.15) is 4.99 Å². The molecule has 0 aliphatic carbocycles. The molecule has 3 nitrogen and oxygen atoms in total. The first-order valence-corrected chi connectivity index (χ1v) is 6.40. The Bertz CT molecular complexity index is 717. The van der Waals surface area contributed by atoms with E-state index in [0.717, 1.165) is 16.8 Å². The molecule has 0 aliphatic rings. The number of hydrogen-bond acceptors (Lipinski definition) is 2. The van der Waals surface area contributed by atoms with E-state index in [4.69, 9.17) is 18.0 Å². The minimum Gasteiger partial charge on any atom is -0.389 e. The lowest BCUT2D eigenvalue weighted by atomic mass is 10.0. The Balaban J connectivity index is 2.68. The summed E-state index contributed by atoms with van der Waals surface area (Å²) in [6.07, 6.45) is 0. The number of aromatic nitrogens is 1. The van der Waals surface area contributed by atoms with E-state index in [1.54, 1.807) is 17.7 Å². The third-order valence-electron chi connectivity index (χ3n) is 3.23. The predicted molar refractivity (Wildman–Crippen MR) is 82.5 cm³/mol. The summed E-state index contributed by atoms with van der Waals surface area (Å²) >= 11 is 4.88. The van der Waals surface area contributed by atoms with Crippen LogP contribution in [-0.2, 0) is 7.05 Å². The first-order valence-electron chi connectivity index (χ1n) is 5.99. The van der Waals surface area contributed by atoms with Crippen molar-refractivity contribution >= 4 is 17.2 Å². The van der Waals surface area contributed by atoms with Crippen LogP contribution in [0.2, 0.25) is 0 Å². The van der Waals surface area contributed by atoms with E-state index in [1.165, 1.54) is 5.56 Å². The van der Waals surface area contributed by atoms with E-state index in [9.17, 15) is 4.79 Å². The standard InChI is InChI=1S/C15H16N2OS/c1-9-4-5-11(10(2)8-9)13-7-6-12(14(16)19)15(18)17(13)3/h4-8H,1-3H3,(H2,16,19). The number of rotatable bonds is 2. The molecule has 1 heterocycles. The fraction of sp³-hybridized carbons (Fsp3) is 0.200. The van der Waals surface area contributed by atoms with Gasteiger partial charge in [0, 0.05) is 12.6 Å². The van der Waals surface area contributed by atoms with Crippen LogP contribution in [0.4, 0.5) is 0 Å². The molecular formula is C15H16N2OS. The molecule has 0 saturated heterocycles. The molecular weight excluding hydrogens is 256 g/mol. The highest BCUT2D eigenvalue weighted by molar-refractivity contribution is 7.80. The van der Waals surface area contributed by atoms with Gasteiger partial charge in [-0.05, 0) is 31.5 Å². The molecule has 4 heteroatoms. The molecule has 2 N–H and O–H groups in total. The van der Waals surface area contributed by atoms with Crippen molar-refractivity contribution in [2.45, 2.75) is 13.8 Å². The smallest absolute Gasteiger partial charge is 0.261 e. The number of aryl methyl sites for hydroxylation is 2. The first kappa shape index (κ1) is 13.5. The number of hydrogen-bond donors (Lipinski definition) is 1. The second kappa shape index (κ2) is 4.97. The second-order valence-corrected chi connectivity index (χ2v) is 5.12. The Morgan fingerprint density at radius 1 is 1.21 bits per heavy atom. The lowest BCUT2D eigenvalue weighted by molar-refractivity contribution is 0.866. The Hall–Kier alpha value is -1.94. The van der Waals surface area contributed by atoms with Gasteiger partial charge in [-0.3, -0.25) is 4.79 Å². The van der Waals surface area contributed by atoms with Crippen LogP contribution >= 0.6 is 12.2 Å². The molecule has 19 heavy (non-hydrogen) atoms. The second-order valence-electron chi connectivity index (χ2n) is 4.68. The molecule has 0 saturated carbocycles. The zero-order chi connectivity index (χ0) is 14.2. The summed E-state index contributed by atoms with van der Waals surface area (Å²) in [5.74, 6) is 0. The maximum absolute atomic E-state index is 12.2. The molecule has 98 valence electrons. The highest BCUT2D eigenvalue weighted by Gasteiger charge is 2.10. The van der Waals surface area contributed by atoms with Crippen molar-refractivity contribution < 1.29 is 0 Å². The summed E-state index contributed by atoms with van der Waals surface area (Å²) in [4.78, 5) is 12.3. The third kappa shape index (κ3) is 2.44. The Morgan fingerprint density at radius 3 is 2.47 bits per heavy atom. The van der Waals surface area contributed by atoms with Crippen molar-refractivity contribution in [1.82, 2.24) is 4.57 Å². The maximum Gasteiger partial charge on any atom is 0.261 e. The van der Waals surface area contributed by atoms with Gasteiger partial charge in [0.2, 0.25) is 0 Å². The summed E-state index contributed by atoms with van der Waals surface area (Å²) in [7, 11) is 1.73. The SMILES string of the molecule is Cc1ccc(-c2ccc(C(N)=S)c(=O)n2C)c(C)c1. The van der Waals surface area contributed by atoms with Crippen LogP contribution in [0.25, 0.3) is 11.3 Å². The zero-order valence-corrected chi connectivity index (χ0v) is 12.0. The summed E-state index contributed by atoms with van der Waals surface area (Å²) in [6.45, 7) is 4.08. The quantitative estimate of drug-likeness (QED) is 0.853. The third-order valence-corrected chi connectivity index (χ3v) is 3.45. The van der Waals surface area contributed by atoms with Crippen molar-refractivity contribution in [2.75, 3.05) is 0 Å². The average Bonchev–Trinajstić information content (AvgIpc) is 2.33. The van der Waals surface area contributed by atoms with Crippen LogP contribution < -0.4 is 11.3 Å². The van der Waals surface area contributed by atoms with E-state index in [1.807, 2.05) is 32.0 Å². The van der Waals surface area contributed by atoms with Crippen LogP contribution in [0, 0.1) is 13.8 Å². The van der Waals surface area contributed by atoms with E-state index in [0.29, 0.717) is 5.56 Å². The van der Waals surface area contributed by atoms with Gasteiger partial charge < -0.3 is 10.3 Å². The molecule has 0 spiro atoms. The van der Waals surface area contributed by atoms with Crippen LogP contribution in [0.15, 0.2) is 35.1 Å². The number of nitrogens with zero attached hydrogens (tertiary/aromatic N) is 1. The Morgan fingerprint density at radius 2 is 1.89 bits per heavy atom. The van der Waals surface area contributed by atoms with Gasteiger partial charge in [-0.2, -0.15) is 0 Å². The Kier molecular flexibility index (Phi) is 3.53. The minimum absolute atomic E-state index is 0.132. The molecule has 0 bridgehead atoms. The summed E-state index contributed by atoms with van der Waals surface area (Å²) < 4.78 is 1.59. The average molecular weight is 272 g/mol. The molecule has 2 rings (SSSR count). The molecule has 0 atom stereocenters. The molecule has 1 aromatic carbocycles. The first-order chi connectivity index (χ1) is 8.91. The van der Waals surface area contributed by atoms with E-state index in [-0.39, 0.29) is 10.5 Å². The number of benzene rings is 1. The fourth-order valence-electron chi connectivity index (χ4n) is 2.19. The molecule has 0 aliphatic heterocycles. The maximum atomic E-state index is 12.2. The lowest BCUT2D eigenvalue weighted by Gasteiger charge is -2.12. The van der Waals surface area contributed by atoms with E-state index in [2.05, 4.69) is 6.07 Å². The van der Waals surface area contributed by atoms with Crippen molar-refractivity contribution in [3.63, 3.8) is 0 Å². The monoisotopic (exact) mass is 272 g/mol. The highest BCUT2D eigenvalue weighted by Crippen LogP contribution is 2.22. The van der Waals surface area contributed by atoms with Crippen LogP contribution in [-0.4, -0.2) is 9.56 Å². The highest BCUT2D eigenvalue weighted by atomic mass is 32.1. The van der Waals surface area contributed by atoms with Gasteiger partial charge in [-0.25, -0.2) is 0 Å². The number of thiocarbonyl (C=S) groups is 1. The lowest BCUT2D eigenvalue weighted by Crippen LogP contribution is -2.28. The molecule has 0 amide bonds. The topological polar surface area (TPSA) is 48.0 Å². The molecule has 1 aromatic heterocycles. The van der Waals surface area contributed by atoms with Gasteiger partial charge in [-0.15, -0.1) is 0 Å². The number of pyridine rings is 1. The Labute approximate surface area is 117 Å². The molecule has 0 radical (unpaired) electrons. The van der Waals surface area contributed by atoms with Gasteiger partial charge in [0.25, 0.3) is 5.56 Å². The molecule has 0 fully saturated rings. The van der Waals surface area contributed by atoms with Gasteiger partial charge in [-0.1, -0.05) is 36.0 Å². The van der Waals surface area contributed by atoms with Crippen molar-refractivity contribution in [3.8, 4) is 11.3 Å². The van der Waals surface area contributed by atoms with E-state index < -0.39 is 0 Å². The minimum atomic E-state index is -0.162. The fourth-order valence-corrected chi connectivity index (χ4v) is 2.35. The van der Waals surface area contributed by atoms with Crippen LogP contribution in [0.3, 0.4) is 0 Å².